The lowest BCUT2D eigenvalue weighted by Crippen LogP contribution is -1.90. The molecule has 118 valence electrons. The minimum absolute atomic E-state index is 0.491. The molecule has 3 N–H and O–H groups in total. The highest BCUT2D eigenvalue weighted by molar-refractivity contribution is 6.33. The second-order valence-electron chi connectivity index (χ2n) is 4.85. The minimum Gasteiger partial charge on any atom is -0.497 e. The summed E-state index contributed by atoms with van der Waals surface area (Å²) in [5.41, 5.74) is 7.90. The fraction of sp³-hybridized carbons (Fsp3) is 0.125. The van der Waals surface area contributed by atoms with Crippen molar-refractivity contribution in [3.63, 3.8) is 0 Å². The Kier molecular flexibility index (Phi) is 4.08. The van der Waals surface area contributed by atoms with Gasteiger partial charge in [0.2, 0.25) is 0 Å². The Morgan fingerprint density at radius 3 is 2.30 bits per heavy atom. The average Bonchev–Trinajstić information content (AvgIpc) is 3.07. The first kappa shape index (κ1) is 15.2. The van der Waals surface area contributed by atoms with Gasteiger partial charge in [-0.3, -0.25) is 5.10 Å². The number of methoxy groups -OCH3 is 2. The summed E-state index contributed by atoms with van der Waals surface area (Å²) in [7, 11) is 3.19. The quantitative estimate of drug-likeness (QED) is 0.716. The van der Waals surface area contributed by atoms with E-state index in [0.717, 1.165) is 11.1 Å². The van der Waals surface area contributed by atoms with Crippen LogP contribution in [-0.4, -0.2) is 29.4 Å². The molecule has 0 unspecified atom stereocenters. The molecule has 3 aromatic rings. The summed E-state index contributed by atoms with van der Waals surface area (Å²) in [4.78, 5) is 4.50. The van der Waals surface area contributed by atoms with Gasteiger partial charge >= 0.3 is 0 Å². The third-order valence-corrected chi connectivity index (χ3v) is 3.71. The number of nitrogen functional groups attached to an aromatic ring is 1. The molecule has 0 fully saturated rings. The van der Waals surface area contributed by atoms with E-state index in [-0.39, 0.29) is 0 Å². The number of ether oxygens (including phenoxy) is 2. The van der Waals surface area contributed by atoms with Gasteiger partial charge in [-0.1, -0.05) is 11.6 Å². The van der Waals surface area contributed by atoms with Gasteiger partial charge in [-0.05, 0) is 30.3 Å². The molecule has 23 heavy (non-hydrogen) atoms. The van der Waals surface area contributed by atoms with Crippen molar-refractivity contribution < 1.29 is 9.47 Å². The third-order valence-electron chi connectivity index (χ3n) is 3.36. The smallest absolute Gasteiger partial charge is 0.181 e. The van der Waals surface area contributed by atoms with Crippen molar-refractivity contribution in [2.75, 3.05) is 20.0 Å². The maximum absolute atomic E-state index is 5.94. The van der Waals surface area contributed by atoms with Crippen LogP contribution in [0.1, 0.15) is 0 Å². The zero-order chi connectivity index (χ0) is 16.4. The van der Waals surface area contributed by atoms with Crippen LogP contribution < -0.4 is 15.2 Å². The summed E-state index contributed by atoms with van der Waals surface area (Å²) in [6.07, 6.45) is 0. The van der Waals surface area contributed by atoms with Crippen molar-refractivity contribution in [3.05, 3.63) is 41.4 Å². The van der Waals surface area contributed by atoms with Gasteiger partial charge in [0.25, 0.3) is 0 Å². The van der Waals surface area contributed by atoms with Crippen molar-refractivity contribution in [1.82, 2.24) is 15.2 Å². The lowest BCUT2D eigenvalue weighted by Gasteiger charge is -2.06. The van der Waals surface area contributed by atoms with E-state index in [1.54, 1.807) is 32.4 Å². The van der Waals surface area contributed by atoms with Crippen molar-refractivity contribution in [2.24, 2.45) is 0 Å². The molecule has 0 amide bonds. The summed E-state index contributed by atoms with van der Waals surface area (Å²) in [6.45, 7) is 0. The molecule has 0 aliphatic rings. The second-order valence-corrected chi connectivity index (χ2v) is 5.25. The maximum Gasteiger partial charge on any atom is 0.181 e. The van der Waals surface area contributed by atoms with E-state index in [2.05, 4.69) is 15.2 Å². The fourth-order valence-electron chi connectivity index (χ4n) is 2.15. The fourth-order valence-corrected chi connectivity index (χ4v) is 2.27. The van der Waals surface area contributed by atoms with Crippen LogP contribution in [0.3, 0.4) is 0 Å². The largest absolute Gasteiger partial charge is 0.497 e. The number of aromatic amines is 1. The van der Waals surface area contributed by atoms with Gasteiger partial charge in [0, 0.05) is 17.2 Å². The highest BCUT2D eigenvalue weighted by atomic mass is 35.5. The molecular formula is C16H15ClN4O2. The molecule has 0 bridgehead atoms. The predicted octanol–water partition coefficient (Wildman–Crippen LogP) is 3.39. The van der Waals surface area contributed by atoms with Crippen molar-refractivity contribution >= 4 is 17.3 Å². The first-order valence-electron chi connectivity index (χ1n) is 6.82. The van der Waals surface area contributed by atoms with Crippen LogP contribution in [0.25, 0.3) is 22.8 Å². The summed E-state index contributed by atoms with van der Waals surface area (Å²) in [5.74, 6) is 2.47. The number of hydrogen-bond donors (Lipinski definition) is 2. The van der Waals surface area contributed by atoms with E-state index in [1.807, 2.05) is 18.2 Å². The van der Waals surface area contributed by atoms with E-state index < -0.39 is 0 Å². The van der Waals surface area contributed by atoms with Crippen LogP contribution in [0.4, 0.5) is 5.69 Å². The molecule has 1 aromatic heterocycles. The van der Waals surface area contributed by atoms with Gasteiger partial charge < -0.3 is 15.2 Å². The molecule has 0 aliphatic heterocycles. The highest BCUT2D eigenvalue weighted by Gasteiger charge is 2.11. The van der Waals surface area contributed by atoms with Crippen LogP contribution in [0.15, 0.2) is 36.4 Å². The summed E-state index contributed by atoms with van der Waals surface area (Å²) in [6, 6.07) is 10.8. The molecule has 0 saturated heterocycles. The predicted molar refractivity (Wildman–Crippen MR) is 89.8 cm³/mol. The highest BCUT2D eigenvalue weighted by Crippen LogP contribution is 2.30. The van der Waals surface area contributed by atoms with Gasteiger partial charge in [0.1, 0.15) is 11.5 Å². The van der Waals surface area contributed by atoms with Crippen LogP contribution in [0.5, 0.6) is 11.5 Å². The first-order valence-corrected chi connectivity index (χ1v) is 7.19. The van der Waals surface area contributed by atoms with Gasteiger partial charge in [-0.25, -0.2) is 4.98 Å². The minimum atomic E-state index is 0.491. The maximum atomic E-state index is 5.94. The Bertz CT molecular complexity index is 826. The molecule has 1 heterocycles. The van der Waals surface area contributed by atoms with E-state index >= 15 is 0 Å². The van der Waals surface area contributed by atoms with E-state index in [4.69, 9.17) is 26.8 Å². The Labute approximate surface area is 138 Å². The third kappa shape index (κ3) is 3.07. The molecule has 0 atom stereocenters. The number of benzene rings is 2. The number of rotatable bonds is 4. The van der Waals surface area contributed by atoms with Crippen LogP contribution in [0, 0.1) is 0 Å². The number of hydrogen-bond acceptors (Lipinski definition) is 5. The summed E-state index contributed by atoms with van der Waals surface area (Å²) < 4.78 is 10.5. The number of H-pyrrole nitrogens is 1. The lowest BCUT2D eigenvalue weighted by molar-refractivity contribution is 0.394. The zero-order valence-electron chi connectivity index (χ0n) is 12.6. The molecule has 0 aliphatic carbocycles. The normalized spacial score (nSPS) is 10.6. The molecule has 6 nitrogen and oxygen atoms in total. The number of nitrogens with two attached hydrogens (primary N) is 1. The molecule has 7 heteroatoms. The van der Waals surface area contributed by atoms with Gasteiger partial charge in [0.15, 0.2) is 11.6 Å². The Morgan fingerprint density at radius 1 is 1.00 bits per heavy atom. The number of anilines is 1. The van der Waals surface area contributed by atoms with E-state index in [0.29, 0.717) is 33.9 Å². The van der Waals surface area contributed by atoms with Crippen molar-refractivity contribution in [3.8, 4) is 34.3 Å². The van der Waals surface area contributed by atoms with E-state index in [1.165, 1.54) is 0 Å². The topological polar surface area (TPSA) is 86.0 Å². The van der Waals surface area contributed by atoms with Crippen LogP contribution >= 0.6 is 11.6 Å². The standard InChI is InChI=1S/C16H15ClN4O2/c1-22-11-5-10(6-12(8-11)23-2)16-19-15(20-21-16)9-3-4-13(17)14(18)7-9/h3-8H,18H2,1-2H3,(H,19,20,21). The zero-order valence-corrected chi connectivity index (χ0v) is 13.4. The summed E-state index contributed by atoms with van der Waals surface area (Å²) >= 11 is 5.94. The van der Waals surface area contributed by atoms with Crippen LogP contribution in [0.2, 0.25) is 5.02 Å². The van der Waals surface area contributed by atoms with Gasteiger partial charge in [0.05, 0.1) is 24.9 Å². The Hall–Kier alpha value is -2.73. The Balaban J connectivity index is 2.00. The van der Waals surface area contributed by atoms with Crippen molar-refractivity contribution in [1.29, 1.82) is 0 Å². The number of nitrogens with one attached hydrogen (secondary N) is 1. The summed E-state index contributed by atoms with van der Waals surface area (Å²) in [5, 5.41) is 7.65. The lowest BCUT2D eigenvalue weighted by atomic mass is 10.2. The SMILES string of the molecule is COc1cc(OC)cc(-c2n[nH]c(-c3ccc(Cl)c(N)c3)n2)c1. The molecule has 0 spiro atoms. The monoisotopic (exact) mass is 330 g/mol. The molecule has 3 rings (SSSR count). The van der Waals surface area contributed by atoms with E-state index in [9.17, 15) is 0 Å². The molecule has 0 saturated carbocycles. The van der Waals surface area contributed by atoms with Gasteiger partial charge in [-0.2, -0.15) is 5.10 Å². The van der Waals surface area contributed by atoms with Crippen molar-refractivity contribution in [2.45, 2.75) is 0 Å². The molecule has 2 aromatic carbocycles. The number of nitrogens with zero attached hydrogens (tertiary/aromatic N) is 2. The molecule has 0 radical (unpaired) electrons. The number of aromatic nitrogens is 3. The van der Waals surface area contributed by atoms with Crippen LogP contribution in [-0.2, 0) is 0 Å². The number of halogens is 1. The first-order chi connectivity index (χ1) is 11.1. The average molecular weight is 331 g/mol. The second kappa shape index (κ2) is 6.18. The Morgan fingerprint density at radius 2 is 1.70 bits per heavy atom. The van der Waals surface area contributed by atoms with Gasteiger partial charge in [-0.15, -0.1) is 0 Å². The molecular weight excluding hydrogens is 316 g/mol.